The number of methoxy groups -OCH3 is 1. The van der Waals surface area contributed by atoms with E-state index >= 15 is 0 Å². The van der Waals surface area contributed by atoms with Crippen LogP contribution in [0.15, 0.2) is 47.4 Å². The molecule has 10 nitrogen and oxygen atoms in total. The average Bonchev–Trinajstić information content (AvgIpc) is 2.84. The minimum Gasteiger partial charge on any atom is -0.495 e. The summed E-state index contributed by atoms with van der Waals surface area (Å²) >= 11 is 0. The SMILES string of the molecule is COc1ccc(S(=O)(=O)N2CCCCC2)cc1NC(=O)[C@H](C)Oc1ccc(N(C)S(C)(=O)=O)cc1. The highest BCUT2D eigenvalue weighted by Gasteiger charge is 2.27. The van der Waals surface area contributed by atoms with Crippen LogP contribution in [-0.4, -0.2) is 66.7 Å². The lowest BCUT2D eigenvalue weighted by atomic mass is 10.2. The molecule has 1 heterocycles. The van der Waals surface area contributed by atoms with Crippen molar-refractivity contribution in [1.82, 2.24) is 4.31 Å². The highest BCUT2D eigenvalue weighted by molar-refractivity contribution is 7.92. The van der Waals surface area contributed by atoms with Crippen LogP contribution in [-0.2, 0) is 24.8 Å². The topological polar surface area (TPSA) is 122 Å². The Hall–Kier alpha value is -2.83. The highest BCUT2D eigenvalue weighted by atomic mass is 32.2. The molecule has 0 radical (unpaired) electrons. The van der Waals surface area contributed by atoms with Crippen LogP contribution in [0.1, 0.15) is 26.2 Å². The van der Waals surface area contributed by atoms with Crippen molar-refractivity contribution < 1.29 is 31.1 Å². The molecule has 1 atom stereocenters. The molecule has 1 fully saturated rings. The molecule has 0 spiro atoms. The lowest BCUT2D eigenvalue weighted by Gasteiger charge is -2.26. The molecule has 0 unspecified atom stereocenters. The number of carbonyl (C=O) groups is 1. The first-order chi connectivity index (χ1) is 16.4. The first-order valence-corrected chi connectivity index (χ1v) is 14.4. The van der Waals surface area contributed by atoms with Crippen molar-refractivity contribution in [2.24, 2.45) is 0 Å². The summed E-state index contributed by atoms with van der Waals surface area (Å²) in [7, 11) is -4.22. The van der Waals surface area contributed by atoms with E-state index in [4.69, 9.17) is 9.47 Å². The molecule has 12 heteroatoms. The number of nitrogens with one attached hydrogen (secondary N) is 1. The summed E-state index contributed by atoms with van der Waals surface area (Å²) in [6.07, 6.45) is 2.81. The first-order valence-electron chi connectivity index (χ1n) is 11.1. The third-order valence-corrected chi connectivity index (χ3v) is 8.86. The maximum atomic E-state index is 13.0. The zero-order chi connectivity index (χ0) is 25.8. The number of rotatable bonds is 9. The highest BCUT2D eigenvalue weighted by Crippen LogP contribution is 2.30. The number of amides is 1. The van der Waals surface area contributed by atoms with Crippen LogP contribution in [0.25, 0.3) is 0 Å². The summed E-state index contributed by atoms with van der Waals surface area (Å²) in [6.45, 7) is 2.49. The number of hydrogen-bond donors (Lipinski definition) is 1. The molecule has 1 amide bonds. The van der Waals surface area contributed by atoms with Gasteiger partial charge in [-0.3, -0.25) is 9.10 Å². The van der Waals surface area contributed by atoms with E-state index in [1.165, 1.54) is 36.7 Å². The second kappa shape index (κ2) is 10.8. The predicted molar refractivity (Wildman–Crippen MR) is 134 cm³/mol. The van der Waals surface area contributed by atoms with Crippen molar-refractivity contribution in [1.29, 1.82) is 0 Å². The predicted octanol–water partition coefficient (Wildman–Crippen LogP) is 2.67. The van der Waals surface area contributed by atoms with E-state index in [1.54, 1.807) is 31.2 Å². The second-order valence-electron chi connectivity index (χ2n) is 8.30. The Morgan fingerprint density at radius 2 is 1.66 bits per heavy atom. The largest absolute Gasteiger partial charge is 0.495 e. The minimum atomic E-state index is -3.69. The van der Waals surface area contributed by atoms with Gasteiger partial charge in [-0.25, -0.2) is 16.8 Å². The summed E-state index contributed by atoms with van der Waals surface area (Å²) in [5, 5.41) is 2.69. The van der Waals surface area contributed by atoms with Gasteiger partial charge in [-0.05, 0) is 62.2 Å². The molecule has 0 saturated carbocycles. The lowest BCUT2D eigenvalue weighted by Crippen LogP contribution is -2.35. The van der Waals surface area contributed by atoms with Crippen LogP contribution in [0.2, 0.25) is 0 Å². The summed E-state index contributed by atoms with van der Waals surface area (Å²) in [4.78, 5) is 12.9. The van der Waals surface area contributed by atoms with Gasteiger partial charge < -0.3 is 14.8 Å². The maximum Gasteiger partial charge on any atom is 0.265 e. The van der Waals surface area contributed by atoms with Gasteiger partial charge in [0.05, 0.1) is 29.6 Å². The number of anilines is 2. The fraction of sp³-hybridized carbons (Fsp3) is 0.435. The van der Waals surface area contributed by atoms with Gasteiger partial charge in [-0.2, -0.15) is 4.31 Å². The van der Waals surface area contributed by atoms with Gasteiger partial charge in [0.1, 0.15) is 11.5 Å². The van der Waals surface area contributed by atoms with Crippen LogP contribution >= 0.6 is 0 Å². The zero-order valence-electron chi connectivity index (χ0n) is 20.2. The minimum absolute atomic E-state index is 0.0784. The number of benzene rings is 2. The molecule has 192 valence electrons. The molecule has 2 aromatic carbocycles. The van der Waals surface area contributed by atoms with Crippen LogP contribution in [0.5, 0.6) is 11.5 Å². The van der Waals surface area contributed by atoms with Gasteiger partial charge in [-0.15, -0.1) is 0 Å². The number of piperidine rings is 1. The normalized spacial score (nSPS) is 15.8. The molecular formula is C23H31N3O7S2. The molecule has 0 bridgehead atoms. The molecule has 1 aliphatic rings. The third kappa shape index (κ3) is 6.44. The van der Waals surface area contributed by atoms with Gasteiger partial charge in [0.15, 0.2) is 6.10 Å². The van der Waals surface area contributed by atoms with Gasteiger partial charge in [0.25, 0.3) is 5.91 Å². The maximum absolute atomic E-state index is 13.0. The Labute approximate surface area is 206 Å². The second-order valence-corrected chi connectivity index (χ2v) is 12.3. The number of hydrogen-bond acceptors (Lipinski definition) is 7. The molecule has 2 aromatic rings. The summed E-state index contributed by atoms with van der Waals surface area (Å²) in [5.74, 6) is 0.177. The first kappa shape index (κ1) is 26.8. The molecule has 1 aliphatic heterocycles. The lowest BCUT2D eigenvalue weighted by molar-refractivity contribution is -0.122. The van der Waals surface area contributed by atoms with Crippen molar-refractivity contribution in [3.05, 3.63) is 42.5 Å². The Kier molecular flexibility index (Phi) is 8.29. The quantitative estimate of drug-likeness (QED) is 0.534. The summed E-state index contributed by atoms with van der Waals surface area (Å²) in [6, 6.07) is 10.6. The van der Waals surface area contributed by atoms with Crippen molar-refractivity contribution >= 4 is 37.3 Å². The monoisotopic (exact) mass is 525 g/mol. The molecule has 1 saturated heterocycles. The number of sulfonamides is 2. The van der Waals surface area contributed by atoms with Gasteiger partial charge >= 0.3 is 0 Å². The Morgan fingerprint density at radius 1 is 1.03 bits per heavy atom. The summed E-state index contributed by atoms with van der Waals surface area (Å²) in [5.41, 5.74) is 0.671. The van der Waals surface area contributed by atoms with E-state index in [1.807, 2.05) is 0 Å². The summed E-state index contributed by atoms with van der Waals surface area (Å²) < 4.78 is 63.0. The molecule has 1 N–H and O–H groups in total. The van der Waals surface area contributed by atoms with E-state index in [0.717, 1.165) is 29.8 Å². The van der Waals surface area contributed by atoms with E-state index in [2.05, 4.69) is 5.32 Å². The molecule has 3 rings (SSSR count). The van der Waals surface area contributed by atoms with Crippen LogP contribution in [0, 0.1) is 0 Å². The van der Waals surface area contributed by atoms with Crippen LogP contribution in [0.3, 0.4) is 0 Å². The standard InChI is InChI=1S/C23H31N3O7S2/c1-17(33-19-10-8-18(9-11-19)25(2)34(4,28)29)23(27)24-21-16-20(12-13-22(21)32-3)35(30,31)26-14-6-5-7-15-26/h8-13,16-17H,5-7,14-15H2,1-4H3,(H,24,27)/t17-/m0/s1. The third-order valence-electron chi connectivity index (χ3n) is 5.76. The van der Waals surface area contributed by atoms with E-state index in [0.29, 0.717) is 30.3 Å². The van der Waals surface area contributed by atoms with Gasteiger partial charge in [-0.1, -0.05) is 6.42 Å². The van der Waals surface area contributed by atoms with Crippen LogP contribution < -0.4 is 19.1 Å². The molecule has 0 aliphatic carbocycles. The number of nitrogens with zero attached hydrogens (tertiary/aromatic N) is 2. The number of carbonyl (C=O) groups excluding carboxylic acids is 1. The Bertz CT molecular complexity index is 1260. The van der Waals surface area contributed by atoms with Crippen molar-refractivity contribution in [2.45, 2.75) is 37.2 Å². The van der Waals surface area contributed by atoms with Crippen molar-refractivity contribution in [3.63, 3.8) is 0 Å². The molecular weight excluding hydrogens is 494 g/mol. The molecule has 35 heavy (non-hydrogen) atoms. The fourth-order valence-corrected chi connectivity index (χ4v) is 5.67. The van der Waals surface area contributed by atoms with Crippen LogP contribution in [0.4, 0.5) is 11.4 Å². The van der Waals surface area contributed by atoms with Gasteiger partial charge in [0, 0.05) is 20.1 Å². The van der Waals surface area contributed by atoms with E-state index in [-0.39, 0.29) is 10.6 Å². The van der Waals surface area contributed by atoms with Crippen molar-refractivity contribution in [3.8, 4) is 11.5 Å². The van der Waals surface area contributed by atoms with E-state index in [9.17, 15) is 21.6 Å². The number of ether oxygens (including phenoxy) is 2. The fourth-order valence-electron chi connectivity index (χ4n) is 3.62. The zero-order valence-corrected chi connectivity index (χ0v) is 21.9. The van der Waals surface area contributed by atoms with Gasteiger partial charge in [0.2, 0.25) is 20.0 Å². The Balaban J connectivity index is 1.73. The molecule has 0 aromatic heterocycles. The van der Waals surface area contributed by atoms with Crippen molar-refractivity contribution in [2.75, 3.05) is 43.1 Å². The Morgan fingerprint density at radius 3 is 2.23 bits per heavy atom. The van der Waals surface area contributed by atoms with E-state index < -0.39 is 32.1 Å². The smallest absolute Gasteiger partial charge is 0.265 e. The average molecular weight is 526 g/mol.